The molecule has 0 saturated heterocycles. The van der Waals surface area contributed by atoms with Gasteiger partial charge in [0.15, 0.2) is 0 Å². The molecular weight excluding hydrogens is 464 g/mol. The molecule has 0 atom stereocenters. The SMILES string of the molecule is FC(F)(F)C(N(C(C(F)(F)F)C(F)(F)F)C(C(F)(F)F)C(F)(F)F)C(F)(F)F. The maximum Gasteiger partial charge on any atom is 0.412 e. The van der Waals surface area contributed by atoms with Crippen molar-refractivity contribution in [2.75, 3.05) is 0 Å². The first-order valence-electron chi connectivity index (χ1n) is 5.91. The molecule has 170 valence electrons. The summed E-state index contributed by atoms with van der Waals surface area (Å²) in [5.74, 6) is 0. The Morgan fingerprint density at radius 3 is 0.464 bits per heavy atom. The molecule has 0 spiro atoms. The predicted molar refractivity (Wildman–Crippen MR) is 49.5 cm³/mol. The number of hydrogen-bond donors (Lipinski definition) is 0. The highest BCUT2D eigenvalue weighted by molar-refractivity contribution is 5.02. The summed E-state index contributed by atoms with van der Waals surface area (Å²) >= 11 is 0. The van der Waals surface area contributed by atoms with Crippen LogP contribution in [0.4, 0.5) is 79.0 Å². The Morgan fingerprint density at radius 1 is 0.286 bits per heavy atom. The molecule has 28 heavy (non-hydrogen) atoms. The van der Waals surface area contributed by atoms with Gasteiger partial charge in [0.25, 0.3) is 0 Å². The minimum absolute atomic E-state index is 3.75. The first kappa shape index (κ1) is 26.7. The highest BCUT2D eigenvalue weighted by Crippen LogP contribution is 2.50. The maximum atomic E-state index is 12.5. The molecule has 0 rings (SSSR count). The van der Waals surface area contributed by atoms with Gasteiger partial charge in [-0.3, -0.25) is 0 Å². The number of nitrogens with zero attached hydrogens (tertiary/aromatic N) is 1. The molecule has 0 bridgehead atoms. The first-order chi connectivity index (χ1) is 11.7. The molecule has 0 fully saturated rings. The van der Waals surface area contributed by atoms with E-state index in [0.29, 0.717) is 0 Å². The third-order valence-electron chi connectivity index (χ3n) is 2.75. The average Bonchev–Trinajstić information content (AvgIpc) is 2.13. The third kappa shape index (κ3) is 6.36. The number of halogens is 18. The van der Waals surface area contributed by atoms with Gasteiger partial charge in [-0.25, -0.2) is 4.90 Å². The molecule has 0 unspecified atom stereocenters. The molecule has 19 heteroatoms. The van der Waals surface area contributed by atoms with Crippen LogP contribution in [0.3, 0.4) is 0 Å². The predicted octanol–water partition coefficient (Wildman–Crippen LogP) is 5.77. The molecule has 0 aromatic rings. The smallest absolute Gasteiger partial charge is 0.246 e. The quantitative estimate of drug-likeness (QED) is 0.477. The molecule has 0 N–H and O–H groups in total. The zero-order valence-corrected chi connectivity index (χ0v) is 12.0. The molecule has 0 saturated carbocycles. The van der Waals surface area contributed by atoms with Crippen molar-refractivity contribution < 1.29 is 79.0 Å². The average molecular weight is 467 g/mol. The minimum atomic E-state index is -7.44. The van der Waals surface area contributed by atoms with Crippen LogP contribution in [0.5, 0.6) is 0 Å². The van der Waals surface area contributed by atoms with Gasteiger partial charge in [0.2, 0.25) is 18.1 Å². The topological polar surface area (TPSA) is 3.24 Å². The van der Waals surface area contributed by atoms with Crippen molar-refractivity contribution in [3.8, 4) is 0 Å². The van der Waals surface area contributed by atoms with E-state index in [1.54, 1.807) is 0 Å². The van der Waals surface area contributed by atoms with Gasteiger partial charge in [-0.1, -0.05) is 0 Å². The van der Waals surface area contributed by atoms with E-state index in [0.717, 1.165) is 0 Å². The van der Waals surface area contributed by atoms with E-state index in [-0.39, 0.29) is 0 Å². The van der Waals surface area contributed by atoms with Crippen LogP contribution < -0.4 is 0 Å². The lowest BCUT2D eigenvalue weighted by molar-refractivity contribution is -0.388. The van der Waals surface area contributed by atoms with Gasteiger partial charge in [-0.2, -0.15) is 79.0 Å². The fraction of sp³-hybridized carbons (Fsp3) is 1.00. The molecule has 0 aromatic heterocycles. The van der Waals surface area contributed by atoms with Crippen LogP contribution in [0.25, 0.3) is 0 Å². The number of alkyl halides is 18. The molecule has 0 aliphatic rings. The van der Waals surface area contributed by atoms with Crippen molar-refractivity contribution in [3.05, 3.63) is 0 Å². The number of rotatable bonds is 3. The highest BCUT2D eigenvalue weighted by Gasteiger charge is 2.76. The van der Waals surface area contributed by atoms with Crippen molar-refractivity contribution in [1.29, 1.82) is 0 Å². The van der Waals surface area contributed by atoms with Gasteiger partial charge in [-0.15, -0.1) is 0 Å². The van der Waals surface area contributed by atoms with Crippen LogP contribution in [0.1, 0.15) is 0 Å². The lowest BCUT2D eigenvalue weighted by Gasteiger charge is -2.45. The van der Waals surface area contributed by atoms with Crippen LogP contribution in [0, 0.1) is 0 Å². The van der Waals surface area contributed by atoms with Gasteiger partial charge in [0.1, 0.15) is 0 Å². The summed E-state index contributed by atoms with van der Waals surface area (Å²) in [6.45, 7) is 0. The lowest BCUT2D eigenvalue weighted by Crippen LogP contribution is -2.72. The highest BCUT2D eigenvalue weighted by atomic mass is 19.4. The van der Waals surface area contributed by atoms with E-state index in [4.69, 9.17) is 0 Å². The molecule has 0 heterocycles. The van der Waals surface area contributed by atoms with Crippen molar-refractivity contribution in [1.82, 2.24) is 4.90 Å². The zero-order chi connectivity index (χ0) is 23.3. The maximum absolute atomic E-state index is 12.5. The van der Waals surface area contributed by atoms with Crippen LogP contribution in [-0.2, 0) is 0 Å². The van der Waals surface area contributed by atoms with Crippen LogP contribution in [0.15, 0.2) is 0 Å². The van der Waals surface area contributed by atoms with Crippen molar-refractivity contribution >= 4 is 0 Å². The van der Waals surface area contributed by atoms with Crippen molar-refractivity contribution in [3.63, 3.8) is 0 Å². The van der Waals surface area contributed by atoms with Gasteiger partial charge < -0.3 is 0 Å². The third-order valence-corrected chi connectivity index (χ3v) is 2.75. The largest absolute Gasteiger partial charge is 0.412 e. The van der Waals surface area contributed by atoms with Gasteiger partial charge in [0, 0.05) is 0 Å². The van der Waals surface area contributed by atoms with Crippen molar-refractivity contribution in [2.45, 2.75) is 55.2 Å². The van der Waals surface area contributed by atoms with E-state index in [1.165, 1.54) is 0 Å². The molecule has 0 radical (unpaired) electrons. The molecule has 0 aromatic carbocycles. The molecule has 1 nitrogen and oxygen atoms in total. The summed E-state index contributed by atoms with van der Waals surface area (Å²) in [4.78, 5) is -3.75. The second-order valence-electron chi connectivity index (χ2n) is 4.90. The lowest BCUT2D eigenvalue weighted by atomic mass is 10.0. The summed E-state index contributed by atoms with van der Waals surface area (Å²) in [5.41, 5.74) is 0. The second-order valence-corrected chi connectivity index (χ2v) is 4.90. The van der Waals surface area contributed by atoms with E-state index >= 15 is 0 Å². The van der Waals surface area contributed by atoms with E-state index < -0.39 is 60.1 Å². The van der Waals surface area contributed by atoms with Crippen LogP contribution in [-0.4, -0.2) is 60.1 Å². The first-order valence-corrected chi connectivity index (χ1v) is 5.91. The molecule has 0 aliphatic heterocycles. The van der Waals surface area contributed by atoms with Crippen molar-refractivity contribution in [2.24, 2.45) is 0 Å². The Hall–Kier alpha value is -1.30. The Balaban J connectivity index is 7.30. The Labute approximate surface area is 140 Å². The summed E-state index contributed by atoms with van der Waals surface area (Å²) in [7, 11) is 0. The number of hydrogen-bond acceptors (Lipinski definition) is 1. The monoisotopic (exact) mass is 467 g/mol. The zero-order valence-electron chi connectivity index (χ0n) is 12.0. The van der Waals surface area contributed by atoms with Crippen LogP contribution >= 0.6 is 0 Å². The Morgan fingerprint density at radius 2 is 0.393 bits per heavy atom. The van der Waals surface area contributed by atoms with Crippen LogP contribution in [0.2, 0.25) is 0 Å². The summed E-state index contributed by atoms with van der Waals surface area (Å²) in [6, 6.07) is -19.2. The summed E-state index contributed by atoms with van der Waals surface area (Å²) in [5, 5.41) is 0. The molecule has 0 amide bonds. The Bertz CT molecular complexity index is 392. The normalized spacial score (nSPS) is 16.1. The van der Waals surface area contributed by atoms with E-state index in [9.17, 15) is 79.0 Å². The molecule has 0 aliphatic carbocycles. The van der Waals surface area contributed by atoms with E-state index in [2.05, 4.69) is 0 Å². The van der Waals surface area contributed by atoms with Gasteiger partial charge in [0.05, 0.1) is 0 Å². The van der Waals surface area contributed by atoms with E-state index in [1.807, 2.05) is 0 Å². The van der Waals surface area contributed by atoms with Gasteiger partial charge in [-0.05, 0) is 0 Å². The second kappa shape index (κ2) is 7.19. The Kier molecular flexibility index (Phi) is 6.86. The fourth-order valence-electron chi connectivity index (χ4n) is 2.02. The summed E-state index contributed by atoms with van der Waals surface area (Å²) < 4.78 is 225. The standard InChI is InChI=1S/C9H3F18N/c10-4(11,12)1(5(13,14)15)28(2(6(16,17)18)7(19,20)21)3(8(22,23)24)9(25,26)27/h1-3H. The van der Waals surface area contributed by atoms with Gasteiger partial charge >= 0.3 is 37.1 Å². The summed E-state index contributed by atoms with van der Waals surface area (Å²) in [6.07, 6.45) is -44.7. The molecular formula is C9H3F18N. The minimum Gasteiger partial charge on any atom is -0.246 e. The fourth-order valence-corrected chi connectivity index (χ4v) is 2.02.